The molecule has 0 bridgehead atoms. The van der Waals surface area contributed by atoms with Crippen LogP contribution in [0.1, 0.15) is 66.2 Å². The normalized spacial score (nSPS) is 11.2. The van der Waals surface area contributed by atoms with Crippen LogP contribution in [-0.4, -0.2) is 24.9 Å². The second-order valence-corrected chi connectivity index (χ2v) is 5.55. The molecule has 0 aromatic heterocycles. The molecule has 0 fully saturated rings. The fourth-order valence-corrected chi connectivity index (χ4v) is 1.70. The van der Waals surface area contributed by atoms with E-state index < -0.39 is 5.41 Å². The minimum absolute atomic E-state index is 0.184. The highest BCUT2D eigenvalue weighted by Gasteiger charge is 2.35. The van der Waals surface area contributed by atoms with Crippen LogP contribution in [0.15, 0.2) is 0 Å². The quantitative estimate of drug-likeness (QED) is 0.473. The molecule has 2 amide bonds. The molecule has 0 radical (unpaired) electrons. The molecule has 0 aliphatic rings. The Morgan fingerprint density at radius 3 is 1.47 bits per heavy atom. The predicted molar refractivity (Wildman–Crippen MR) is 78.9 cm³/mol. The first-order chi connectivity index (χ1) is 8.96. The van der Waals surface area contributed by atoms with Gasteiger partial charge < -0.3 is 10.6 Å². The van der Waals surface area contributed by atoms with Crippen LogP contribution >= 0.6 is 0 Å². The van der Waals surface area contributed by atoms with Crippen molar-refractivity contribution in [3.05, 3.63) is 0 Å². The second-order valence-electron chi connectivity index (χ2n) is 5.55. The van der Waals surface area contributed by atoms with Gasteiger partial charge in [-0.05, 0) is 26.7 Å². The van der Waals surface area contributed by atoms with Crippen LogP contribution < -0.4 is 10.6 Å². The molecule has 0 rings (SSSR count). The van der Waals surface area contributed by atoms with Gasteiger partial charge in [-0.3, -0.25) is 9.59 Å². The molecule has 0 spiro atoms. The van der Waals surface area contributed by atoms with E-state index in [0.29, 0.717) is 13.1 Å². The monoisotopic (exact) mass is 270 g/mol. The Morgan fingerprint density at radius 1 is 0.789 bits per heavy atom. The van der Waals surface area contributed by atoms with E-state index in [4.69, 9.17) is 0 Å². The molecule has 19 heavy (non-hydrogen) atoms. The van der Waals surface area contributed by atoms with Crippen molar-refractivity contribution >= 4 is 11.8 Å². The van der Waals surface area contributed by atoms with Crippen molar-refractivity contribution in [1.29, 1.82) is 0 Å². The molecule has 112 valence electrons. The average Bonchev–Trinajstić information content (AvgIpc) is 2.39. The number of hydrogen-bond donors (Lipinski definition) is 2. The maximum Gasteiger partial charge on any atom is 0.235 e. The van der Waals surface area contributed by atoms with Crippen LogP contribution in [0.5, 0.6) is 0 Å². The zero-order valence-corrected chi connectivity index (χ0v) is 13.0. The van der Waals surface area contributed by atoms with E-state index >= 15 is 0 Å². The van der Waals surface area contributed by atoms with Crippen LogP contribution in [-0.2, 0) is 9.59 Å². The van der Waals surface area contributed by atoms with E-state index in [0.717, 1.165) is 38.5 Å². The zero-order chi connectivity index (χ0) is 14.7. The molecule has 2 N–H and O–H groups in total. The Labute approximate surface area is 117 Å². The first-order valence-electron chi connectivity index (χ1n) is 7.53. The highest BCUT2D eigenvalue weighted by molar-refractivity contribution is 6.04. The van der Waals surface area contributed by atoms with E-state index in [2.05, 4.69) is 24.5 Å². The first-order valence-corrected chi connectivity index (χ1v) is 7.53. The van der Waals surface area contributed by atoms with Gasteiger partial charge in [0.05, 0.1) is 0 Å². The van der Waals surface area contributed by atoms with Gasteiger partial charge in [0.25, 0.3) is 0 Å². The van der Waals surface area contributed by atoms with Gasteiger partial charge >= 0.3 is 0 Å². The Morgan fingerprint density at radius 2 is 1.16 bits per heavy atom. The lowest BCUT2D eigenvalue weighted by atomic mass is 9.91. The highest BCUT2D eigenvalue weighted by Crippen LogP contribution is 2.15. The Kier molecular flexibility index (Phi) is 9.27. The molecule has 0 heterocycles. The highest BCUT2D eigenvalue weighted by atomic mass is 16.2. The minimum Gasteiger partial charge on any atom is -0.355 e. The number of nitrogens with one attached hydrogen (secondary N) is 2. The number of carbonyl (C=O) groups excluding carboxylic acids is 2. The van der Waals surface area contributed by atoms with Gasteiger partial charge in [-0.25, -0.2) is 0 Å². The van der Waals surface area contributed by atoms with Gasteiger partial charge in [-0.15, -0.1) is 0 Å². The van der Waals surface area contributed by atoms with Gasteiger partial charge in [0.1, 0.15) is 5.41 Å². The molecule has 0 unspecified atom stereocenters. The molecule has 0 aromatic rings. The summed E-state index contributed by atoms with van der Waals surface area (Å²) in [4.78, 5) is 24.0. The molecular formula is C15H30N2O2. The fourth-order valence-electron chi connectivity index (χ4n) is 1.70. The number of carbonyl (C=O) groups is 2. The third kappa shape index (κ3) is 7.19. The molecule has 0 saturated heterocycles. The predicted octanol–water partition coefficient (Wildman–Crippen LogP) is 2.63. The second kappa shape index (κ2) is 9.82. The molecule has 0 aliphatic heterocycles. The van der Waals surface area contributed by atoms with Crippen molar-refractivity contribution in [1.82, 2.24) is 10.6 Å². The summed E-state index contributed by atoms with van der Waals surface area (Å²) in [5.41, 5.74) is -0.988. The summed E-state index contributed by atoms with van der Waals surface area (Å²) in [6.45, 7) is 8.90. The molecular weight excluding hydrogens is 240 g/mol. The molecule has 0 atom stereocenters. The van der Waals surface area contributed by atoms with E-state index in [9.17, 15) is 9.59 Å². The van der Waals surface area contributed by atoms with Crippen molar-refractivity contribution in [2.24, 2.45) is 5.41 Å². The van der Waals surface area contributed by atoms with Crippen molar-refractivity contribution in [3.63, 3.8) is 0 Å². The lowest BCUT2D eigenvalue weighted by molar-refractivity contribution is -0.141. The Balaban J connectivity index is 4.04. The van der Waals surface area contributed by atoms with Crippen LogP contribution in [0.2, 0.25) is 0 Å². The standard InChI is InChI=1S/C15H30N2O2/c1-5-7-9-11-16-13(18)15(3,4)14(19)17-12-10-8-6-2/h5-12H2,1-4H3,(H,16,18)(H,17,19). The maximum atomic E-state index is 12.0. The van der Waals surface area contributed by atoms with E-state index in [-0.39, 0.29) is 11.8 Å². The molecule has 0 aliphatic carbocycles. The summed E-state index contributed by atoms with van der Waals surface area (Å²) in [6, 6.07) is 0. The first kappa shape index (κ1) is 17.9. The van der Waals surface area contributed by atoms with E-state index in [1.807, 2.05) is 0 Å². The summed E-state index contributed by atoms with van der Waals surface area (Å²) in [6.07, 6.45) is 6.38. The number of rotatable bonds is 10. The largest absolute Gasteiger partial charge is 0.355 e. The minimum atomic E-state index is -0.988. The maximum absolute atomic E-state index is 12.0. The molecule has 4 nitrogen and oxygen atoms in total. The van der Waals surface area contributed by atoms with Gasteiger partial charge in [0, 0.05) is 13.1 Å². The number of unbranched alkanes of at least 4 members (excludes halogenated alkanes) is 4. The summed E-state index contributed by atoms with van der Waals surface area (Å²) in [7, 11) is 0. The van der Waals surface area contributed by atoms with Crippen LogP contribution in [0.25, 0.3) is 0 Å². The molecule has 0 aromatic carbocycles. The third-order valence-corrected chi connectivity index (χ3v) is 3.27. The average molecular weight is 270 g/mol. The summed E-state index contributed by atoms with van der Waals surface area (Å²) in [5.74, 6) is -0.367. The van der Waals surface area contributed by atoms with Crippen LogP contribution in [0.4, 0.5) is 0 Å². The van der Waals surface area contributed by atoms with Gasteiger partial charge in [0.15, 0.2) is 0 Å². The van der Waals surface area contributed by atoms with Crippen molar-refractivity contribution in [3.8, 4) is 0 Å². The van der Waals surface area contributed by atoms with E-state index in [1.165, 1.54) is 0 Å². The number of hydrogen-bond acceptors (Lipinski definition) is 2. The third-order valence-electron chi connectivity index (χ3n) is 3.27. The SMILES string of the molecule is CCCCCNC(=O)C(C)(C)C(=O)NCCCCC. The fraction of sp³-hybridized carbons (Fsp3) is 0.867. The van der Waals surface area contributed by atoms with Crippen LogP contribution in [0, 0.1) is 5.41 Å². The van der Waals surface area contributed by atoms with Crippen molar-refractivity contribution in [2.45, 2.75) is 66.2 Å². The smallest absolute Gasteiger partial charge is 0.235 e. The lowest BCUT2D eigenvalue weighted by Crippen LogP contribution is -2.48. The van der Waals surface area contributed by atoms with Crippen molar-refractivity contribution in [2.75, 3.05) is 13.1 Å². The molecule has 4 heteroatoms. The lowest BCUT2D eigenvalue weighted by Gasteiger charge is -2.22. The number of amides is 2. The van der Waals surface area contributed by atoms with Gasteiger partial charge in [-0.2, -0.15) is 0 Å². The van der Waals surface area contributed by atoms with Gasteiger partial charge in [-0.1, -0.05) is 39.5 Å². The Hall–Kier alpha value is -1.06. The van der Waals surface area contributed by atoms with Crippen LogP contribution in [0.3, 0.4) is 0 Å². The van der Waals surface area contributed by atoms with Gasteiger partial charge in [0.2, 0.25) is 11.8 Å². The topological polar surface area (TPSA) is 58.2 Å². The zero-order valence-electron chi connectivity index (χ0n) is 13.0. The summed E-state index contributed by atoms with van der Waals surface area (Å²) < 4.78 is 0. The Bertz CT molecular complexity index is 249. The summed E-state index contributed by atoms with van der Waals surface area (Å²) >= 11 is 0. The van der Waals surface area contributed by atoms with E-state index in [1.54, 1.807) is 13.8 Å². The summed E-state index contributed by atoms with van der Waals surface area (Å²) in [5, 5.41) is 5.68. The molecule has 0 saturated carbocycles. The van der Waals surface area contributed by atoms with Crippen molar-refractivity contribution < 1.29 is 9.59 Å².